The van der Waals surface area contributed by atoms with Crippen LogP contribution in [0, 0.1) is 22.3 Å². The molecule has 3 heteroatoms. The van der Waals surface area contributed by atoms with E-state index in [-0.39, 0.29) is 10.8 Å². The third kappa shape index (κ3) is 3.26. The fourth-order valence-corrected chi connectivity index (χ4v) is 4.48. The zero-order valence-corrected chi connectivity index (χ0v) is 15.4. The fraction of sp³-hybridized carbons (Fsp3) is 0.619. The second-order valence-electron chi connectivity index (χ2n) is 8.68. The summed E-state index contributed by atoms with van der Waals surface area (Å²) in [6.07, 6.45) is 8.74. The minimum atomic E-state index is 0.0491. The summed E-state index contributed by atoms with van der Waals surface area (Å²) in [4.78, 5) is 4.31. The standard InChI is InChI=1S/C21H28N2O/c1-20(2,3)12-15-5-6-16-13-21(9-7-17(24-4)8-10-21)19(23-14-22)18(16)11-15/h5-6,11,17H,7-10,12-13H2,1-4H3/b23-19+/t17-,21-. The zero-order valence-electron chi connectivity index (χ0n) is 15.4. The molecule has 0 aliphatic heterocycles. The van der Waals surface area contributed by atoms with Gasteiger partial charge < -0.3 is 4.74 Å². The van der Waals surface area contributed by atoms with Crippen molar-refractivity contribution in [1.82, 2.24) is 0 Å². The summed E-state index contributed by atoms with van der Waals surface area (Å²) in [5.74, 6) is 0. The summed E-state index contributed by atoms with van der Waals surface area (Å²) in [7, 11) is 1.80. The number of rotatable bonds is 2. The average Bonchev–Trinajstić information content (AvgIpc) is 2.81. The van der Waals surface area contributed by atoms with Gasteiger partial charge in [0.25, 0.3) is 0 Å². The van der Waals surface area contributed by atoms with E-state index in [1.807, 2.05) is 0 Å². The molecule has 0 radical (unpaired) electrons. The van der Waals surface area contributed by atoms with Gasteiger partial charge in [-0.3, -0.25) is 0 Å². The van der Waals surface area contributed by atoms with Crippen molar-refractivity contribution in [3.05, 3.63) is 34.9 Å². The molecule has 0 unspecified atom stereocenters. The van der Waals surface area contributed by atoms with Crippen LogP contribution in [0.3, 0.4) is 0 Å². The Balaban J connectivity index is 1.94. The molecular weight excluding hydrogens is 296 g/mol. The van der Waals surface area contributed by atoms with E-state index in [9.17, 15) is 5.26 Å². The Morgan fingerprint density at radius 2 is 2.00 bits per heavy atom. The molecule has 0 saturated heterocycles. The summed E-state index contributed by atoms with van der Waals surface area (Å²) in [5, 5.41) is 9.26. The summed E-state index contributed by atoms with van der Waals surface area (Å²) >= 11 is 0. The van der Waals surface area contributed by atoms with E-state index >= 15 is 0 Å². The lowest BCUT2D eigenvalue weighted by Crippen LogP contribution is -2.35. The van der Waals surface area contributed by atoms with Gasteiger partial charge in [0.1, 0.15) is 0 Å². The molecule has 1 aromatic carbocycles. The van der Waals surface area contributed by atoms with E-state index in [2.05, 4.69) is 50.2 Å². The average molecular weight is 324 g/mol. The first-order valence-corrected chi connectivity index (χ1v) is 8.99. The Morgan fingerprint density at radius 1 is 1.29 bits per heavy atom. The summed E-state index contributed by atoms with van der Waals surface area (Å²) in [6.45, 7) is 6.79. The lowest BCUT2D eigenvalue weighted by Gasteiger charge is -2.36. The largest absolute Gasteiger partial charge is 0.381 e. The van der Waals surface area contributed by atoms with Gasteiger partial charge in [0.2, 0.25) is 6.19 Å². The highest BCUT2D eigenvalue weighted by atomic mass is 16.5. The molecule has 3 rings (SSSR count). The first-order chi connectivity index (χ1) is 11.4. The molecule has 1 saturated carbocycles. The molecular formula is C21H28N2O. The Hall–Kier alpha value is -1.66. The van der Waals surface area contributed by atoms with Crippen LogP contribution in [-0.2, 0) is 17.6 Å². The van der Waals surface area contributed by atoms with Crippen molar-refractivity contribution in [3.63, 3.8) is 0 Å². The van der Waals surface area contributed by atoms with Crippen molar-refractivity contribution in [2.75, 3.05) is 7.11 Å². The molecule has 1 aromatic rings. The van der Waals surface area contributed by atoms with E-state index in [1.165, 1.54) is 16.7 Å². The summed E-state index contributed by atoms with van der Waals surface area (Å²) < 4.78 is 5.54. The van der Waals surface area contributed by atoms with Crippen molar-refractivity contribution < 1.29 is 4.74 Å². The number of hydrogen-bond acceptors (Lipinski definition) is 3. The van der Waals surface area contributed by atoms with Crippen LogP contribution in [-0.4, -0.2) is 18.9 Å². The Kier molecular flexibility index (Phi) is 4.53. The maximum atomic E-state index is 9.26. The first-order valence-electron chi connectivity index (χ1n) is 8.99. The van der Waals surface area contributed by atoms with Gasteiger partial charge in [-0.15, -0.1) is 0 Å². The monoisotopic (exact) mass is 324 g/mol. The Labute approximate surface area is 145 Å². The first kappa shape index (κ1) is 17.2. The molecule has 0 amide bonds. The van der Waals surface area contributed by atoms with Gasteiger partial charge in [0.05, 0.1) is 11.8 Å². The number of hydrogen-bond donors (Lipinski definition) is 0. The molecule has 0 bridgehead atoms. The molecule has 128 valence electrons. The second kappa shape index (κ2) is 6.33. The van der Waals surface area contributed by atoms with Crippen LogP contribution in [0.25, 0.3) is 0 Å². The van der Waals surface area contributed by atoms with Gasteiger partial charge in [-0.1, -0.05) is 32.9 Å². The quantitative estimate of drug-likeness (QED) is 0.742. The number of methoxy groups -OCH3 is 1. The predicted octanol–water partition coefficient (Wildman–Crippen LogP) is 4.68. The highest BCUT2D eigenvalue weighted by molar-refractivity contribution is 6.09. The van der Waals surface area contributed by atoms with Crippen molar-refractivity contribution in [3.8, 4) is 6.19 Å². The van der Waals surface area contributed by atoms with Crippen LogP contribution in [0.15, 0.2) is 23.2 Å². The van der Waals surface area contributed by atoms with Crippen LogP contribution < -0.4 is 0 Å². The summed E-state index contributed by atoms with van der Waals surface area (Å²) in [5.41, 5.74) is 5.26. The Bertz CT molecular complexity index is 683. The van der Waals surface area contributed by atoms with E-state index in [1.54, 1.807) is 7.11 Å². The van der Waals surface area contributed by atoms with Gasteiger partial charge in [-0.25, -0.2) is 0 Å². The van der Waals surface area contributed by atoms with Crippen molar-refractivity contribution in [2.45, 2.75) is 65.4 Å². The zero-order chi connectivity index (χ0) is 17.4. The lowest BCUT2D eigenvalue weighted by atomic mass is 9.70. The molecule has 2 aliphatic rings. The molecule has 1 fully saturated rings. The highest BCUT2D eigenvalue weighted by Gasteiger charge is 2.45. The number of fused-ring (bicyclic) bond motifs is 1. The van der Waals surface area contributed by atoms with E-state index in [4.69, 9.17) is 4.74 Å². The molecule has 2 aliphatic carbocycles. The molecule has 0 aromatic heterocycles. The predicted molar refractivity (Wildman–Crippen MR) is 97.2 cm³/mol. The van der Waals surface area contributed by atoms with Gasteiger partial charge in [-0.2, -0.15) is 10.3 Å². The topological polar surface area (TPSA) is 45.4 Å². The molecule has 0 N–H and O–H groups in total. The van der Waals surface area contributed by atoms with Gasteiger partial charge in [-0.05, 0) is 61.1 Å². The van der Waals surface area contributed by atoms with Gasteiger partial charge in [0, 0.05) is 18.1 Å². The third-order valence-corrected chi connectivity index (χ3v) is 5.58. The summed E-state index contributed by atoms with van der Waals surface area (Å²) in [6, 6.07) is 6.81. The molecule has 3 nitrogen and oxygen atoms in total. The molecule has 0 atom stereocenters. The van der Waals surface area contributed by atoms with Crippen molar-refractivity contribution >= 4 is 5.71 Å². The van der Waals surface area contributed by atoms with E-state index in [0.717, 1.165) is 44.2 Å². The lowest BCUT2D eigenvalue weighted by molar-refractivity contribution is 0.0468. The number of benzene rings is 1. The number of aliphatic imine (C=N–C) groups is 1. The highest BCUT2D eigenvalue weighted by Crippen LogP contribution is 2.48. The second-order valence-corrected chi connectivity index (χ2v) is 8.68. The van der Waals surface area contributed by atoms with Gasteiger partial charge >= 0.3 is 0 Å². The minimum absolute atomic E-state index is 0.0491. The maximum absolute atomic E-state index is 9.26. The molecule has 24 heavy (non-hydrogen) atoms. The number of ether oxygens (including phenoxy) is 1. The molecule has 1 spiro atoms. The van der Waals surface area contributed by atoms with Crippen LogP contribution in [0.5, 0.6) is 0 Å². The van der Waals surface area contributed by atoms with Crippen LogP contribution >= 0.6 is 0 Å². The van der Waals surface area contributed by atoms with E-state index < -0.39 is 0 Å². The third-order valence-electron chi connectivity index (χ3n) is 5.58. The smallest absolute Gasteiger partial charge is 0.205 e. The maximum Gasteiger partial charge on any atom is 0.205 e. The van der Waals surface area contributed by atoms with Crippen molar-refractivity contribution in [2.24, 2.45) is 15.8 Å². The van der Waals surface area contributed by atoms with Crippen LogP contribution in [0.1, 0.15) is 63.1 Å². The number of nitriles is 1. The van der Waals surface area contributed by atoms with Gasteiger partial charge in [0.15, 0.2) is 0 Å². The minimum Gasteiger partial charge on any atom is -0.381 e. The fourth-order valence-electron chi connectivity index (χ4n) is 4.48. The normalized spacial score (nSPS) is 28.1. The molecule has 0 heterocycles. The van der Waals surface area contributed by atoms with E-state index in [0.29, 0.717) is 6.10 Å². The Morgan fingerprint density at radius 3 is 2.58 bits per heavy atom. The van der Waals surface area contributed by atoms with Crippen LogP contribution in [0.2, 0.25) is 0 Å². The van der Waals surface area contributed by atoms with Crippen LogP contribution in [0.4, 0.5) is 0 Å². The SMILES string of the molecule is CO[C@H]1CC[C@]2(CC1)Cc1ccc(CC(C)(C)C)cc1/C2=N\C#N. The number of nitrogens with zero attached hydrogens (tertiary/aromatic N) is 2. The van der Waals surface area contributed by atoms with Crippen molar-refractivity contribution in [1.29, 1.82) is 5.26 Å².